The molecule has 22 heavy (non-hydrogen) atoms. The lowest BCUT2D eigenvalue weighted by Gasteiger charge is -2.34. The van der Waals surface area contributed by atoms with Crippen LogP contribution in [0.4, 0.5) is 4.79 Å². The van der Waals surface area contributed by atoms with Crippen LogP contribution in [0.3, 0.4) is 0 Å². The largest absolute Gasteiger partial charge is 0.444 e. The lowest BCUT2D eigenvalue weighted by atomic mass is 9.97. The van der Waals surface area contributed by atoms with Crippen LogP contribution < -0.4 is 11.1 Å². The first-order chi connectivity index (χ1) is 10.1. The van der Waals surface area contributed by atoms with Crippen molar-refractivity contribution in [3.63, 3.8) is 0 Å². The van der Waals surface area contributed by atoms with Crippen LogP contribution in [0.1, 0.15) is 47.5 Å². The molecule has 2 atom stereocenters. The molecule has 1 aliphatic heterocycles. The zero-order chi connectivity index (χ0) is 16.9. The Balaban J connectivity index is 2.44. The van der Waals surface area contributed by atoms with Crippen molar-refractivity contribution in [3.05, 3.63) is 0 Å². The fourth-order valence-corrected chi connectivity index (χ4v) is 2.39. The smallest absolute Gasteiger partial charge is 0.410 e. The van der Waals surface area contributed by atoms with Gasteiger partial charge in [-0.25, -0.2) is 4.79 Å². The van der Waals surface area contributed by atoms with Crippen LogP contribution in [0.2, 0.25) is 0 Å². The Kier molecular flexibility index (Phi) is 6.66. The Bertz CT molecular complexity index is 391. The summed E-state index contributed by atoms with van der Waals surface area (Å²) < 4.78 is 5.40. The van der Waals surface area contributed by atoms with Gasteiger partial charge in [0.1, 0.15) is 5.60 Å². The molecule has 2 amide bonds. The third kappa shape index (κ3) is 6.22. The van der Waals surface area contributed by atoms with Gasteiger partial charge in [-0.2, -0.15) is 0 Å². The van der Waals surface area contributed by atoms with Crippen LogP contribution in [-0.4, -0.2) is 48.2 Å². The minimum atomic E-state index is -0.484. The summed E-state index contributed by atoms with van der Waals surface area (Å²) in [5.74, 6) is 0.249. The first kappa shape index (κ1) is 18.7. The minimum Gasteiger partial charge on any atom is -0.444 e. The summed E-state index contributed by atoms with van der Waals surface area (Å²) in [6.07, 6.45) is 1.65. The maximum atomic E-state index is 12.1. The van der Waals surface area contributed by atoms with E-state index in [1.807, 2.05) is 34.6 Å². The molecule has 1 saturated heterocycles. The van der Waals surface area contributed by atoms with E-state index in [9.17, 15) is 9.59 Å². The predicted octanol–water partition coefficient (Wildman–Crippen LogP) is 1.73. The van der Waals surface area contributed by atoms with Gasteiger partial charge in [0.05, 0.1) is 6.04 Å². The number of hydrogen-bond acceptors (Lipinski definition) is 4. The molecule has 0 radical (unpaired) electrons. The third-order valence-electron chi connectivity index (χ3n) is 3.76. The number of rotatable bonds is 4. The van der Waals surface area contributed by atoms with Gasteiger partial charge < -0.3 is 20.7 Å². The van der Waals surface area contributed by atoms with Crippen molar-refractivity contribution < 1.29 is 14.3 Å². The number of piperidine rings is 1. The van der Waals surface area contributed by atoms with Gasteiger partial charge >= 0.3 is 6.09 Å². The highest BCUT2D eigenvalue weighted by Crippen LogP contribution is 2.19. The summed E-state index contributed by atoms with van der Waals surface area (Å²) in [5, 5.41) is 2.90. The molecule has 0 unspecified atom stereocenters. The first-order valence-electron chi connectivity index (χ1n) is 8.11. The van der Waals surface area contributed by atoms with E-state index >= 15 is 0 Å². The average Bonchev–Trinajstić information content (AvgIpc) is 2.42. The van der Waals surface area contributed by atoms with Crippen molar-refractivity contribution in [3.8, 4) is 0 Å². The van der Waals surface area contributed by atoms with Gasteiger partial charge in [-0.1, -0.05) is 13.8 Å². The molecule has 0 spiro atoms. The maximum Gasteiger partial charge on any atom is 0.410 e. The van der Waals surface area contributed by atoms with E-state index in [1.54, 1.807) is 4.90 Å². The van der Waals surface area contributed by atoms with Crippen LogP contribution in [0.5, 0.6) is 0 Å². The summed E-state index contributed by atoms with van der Waals surface area (Å²) in [5.41, 5.74) is 5.34. The van der Waals surface area contributed by atoms with Gasteiger partial charge in [0, 0.05) is 19.6 Å². The molecule has 0 bridgehead atoms. The van der Waals surface area contributed by atoms with Gasteiger partial charge in [0.25, 0.3) is 0 Å². The number of nitrogens with zero attached hydrogens (tertiary/aromatic N) is 1. The van der Waals surface area contributed by atoms with E-state index in [2.05, 4.69) is 5.32 Å². The average molecular weight is 313 g/mol. The standard InChI is InChI=1S/C16H31N3O3/c1-11(2)13(17)14(20)18-9-12-7-6-8-19(10-12)15(21)22-16(3,4)5/h11-13H,6-10,17H2,1-5H3,(H,18,20)/t12-,13+/m1/s1. The molecule has 6 heteroatoms. The molecule has 0 aromatic rings. The Morgan fingerprint density at radius 1 is 1.36 bits per heavy atom. The Labute approximate surface area is 133 Å². The Morgan fingerprint density at radius 3 is 2.55 bits per heavy atom. The molecule has 0 saturated carbocycles. The van der Waals surface area contributed by atoms with Crippen LogP contribution in [0.15, 0.2) is 0 Å². The van der Waals surface area contributed by atoms with E-state index in [0.29, 0.717) is 19.6 Å². The summed E-state index contributed by atoms with van der Waals surface area (Å²) >= 11 is 0. The van der Waals surface area contributed by atoms with Crippen LogP contribution in [0.25, 0.3) is 0 Å². The molecular weight excluding hydrogens is 282 g/mol. The maximum absolute atomic E-state index is 12.1. The molecule has 1 fully saturated rings. The number of hydrogen-bond donors (Lipinski definition) is 2. The highest BCUT2D eigenvalue weighted by Gasteiger charge is 2.28. The fourth-order valence-electron chi connectivity index (χ4n) is 2.39. The number of nitrogens with two attached hydrogens (primary N) is 1. The van der Waals surface area contributed by atoms with E-state index in [4.69, 9.17) is 10.5 Å². The van der Waals surface area contributed by atoms with Gasteiger partial charge in [-0.15, -0.1) is 0 Å². The third-order valence-corrected chi connectivity index (χ3v) is 3.76. The van der Waals surface area contributed by atoms with Gasteiger partial charge in [0.15, 0.2) is 0 Å². The van der Waals surface area contributed by atoms with Crippen LogP contribution >= 0.6 is 0 Å². The van der Waals surface area contributed by atoms with Crippen LogP contribution in [0, 0.1) is 11.8 Å². The topological polar surface area (TPSA) is 84.7 Å². The first-order valence-corrected chi connectivity index (χ1v) is 8.11. The van der Waals surface area contributed by atoms with Gasteiger partial charge in [-0.3, -0.25) is 4.79 Å². The van der Waals surface area contributed by atoms with Crippen molar-refractivity contribution in [1.82, 2.24) is 10.2 Å². The molecule has 1 aliphatic rings. The highest BCUT2D eigenvalue weighted by atomic mass is 16.6. The van der Waals surface area contributed by atoms with Crippen molar-refractivity contribution in [1.29, 1.82) is 0 Å². The van der Waals surface area contributed by atoms with E-state index < -0.39 is 11.6 Å². The molecule has 0 aliphatic carbocycles. The second-order valence-electron chi connectivity index (χ2n) is 7.45. The zero-order valence-electron chi connectivity index (χ0n) is 14.5. The molecule has 3 N–H and O–H groups in total. The fraction of sp³-hybridized carbons (Fsp3) is 0.875. The summed E-state index contributed by atoms with van der Waals surface area (Å²) in [7, 11) is 0. The lowest BCUT2D eigenvalue weighted by molar-refractivity contribution is -0.123. The van der Waals surface area contributed by atoms with Crippen molar-refractivity contribution in [2.45, 2.75) is 59.1 Å². The Morgan fingerprint density at radius 2 is 2.00 bits per heavy atom. The number of nitrogens with one attached hydrogen (secondary N) is 1. The predicted molar refractivity (Wildman–Crippen MR) is 86.4 cm³/mol. The second-order valence-corrected chi connectivity index (χ2v) is 7.45. The van der Waals surface area contributed by atoms with E-state index in [1.165, 1.54) is 0 Å². The molecule has 1 rings (SSSR count). The monoisotopic (exact) mass is 313 g/mol. The SMILES string of the molecule is CC(C)[C@H](N)C(=O)NC[C@H]1CCCN(C(=O)OC(C)(C)C)C1. The lowest BCUT2D eigenvalue weighted by Crippen LogP contribution is -2.48. The number of amides is 2. The van der Waals surface area contributed by atoms with Crippen molar-refractivity contribution >= 4 is 12.0 Å². The summed E-state index contributed by atoms with van der Waals surface area (Å²) in [6, 6.07) is -0.481. The second kappa shape index (κ2) is 7.81. The molecule has 1 heterocycles. The van der Waals surface area contributed by atoms with Gasteiger partial charge in [0.2, 0.25) is 5.91 Å². The van der Waals surface area contributed by atoms with Crippen molar-refractivity contribution in [2.75, 3.05) is 19.6 Å². The van der Waals surface area contributed by atoms with Gasteiger partial charge in [-0.05, 0) is 45.4 Å². The molecule has 0 aromatic heterocycles. The summed E-state index contributed by atoms with van der Waals surface area (Å²) in [6.45, 7) is 11.3. The molecule has 6 nitrogen and oxygen atoms in total. The van der Waals surface area contributed by atoms with E-state index in [-0.39, 0.29) is 23.8 Å². The molecule has 0 aromatic carbocycles. The minimum absolute atomic E-state index is 0.115. The number of carbonyl (C=O) groups is 2. The van der Waals surface area contributed by atoms with Crippen molar-refractivity contribution in [2.24, 2.45) is 17.6 Å². The number of ether oxygens (including phenoxy) is 1. The highest BCUT2D eigenvalue weighted by molar-refractivity contribution is 5.81. The normalized spacial score (nSPS) is 20.7. The summed E-state index contributed by atoms with van der Waals surface area (Å²) in [4.78, 5) is 25.7. The quantitative estimate of drug-likeness (QED) is 0.828. The van der Waals surface area contributed by atoms with Crippen LogP contribution in [-0.2, 0) is 9.53 Å². The van der Waals surface area contributed by atoms with E-state index in [0.717, 1.165) is 12.8 Å². The number of likely N-dealkylation sites (tertiary alicyclic amines) is 1. The molecular formula is C16H31N3O3. The zero-order valence-corrected chi connectivity index (χ0v) is 14.5. The molecule has 128 valence electrons. The Hall–Kier alpha value is -1.30. The number of carbonyl (C=O) groups excluding carboxylic acids is 2.